The van der Waals surface area contributed by atoms with Crippen molar-refractivity contribution in [1.82, 2.24) is 9.97 Å². The highest BCUT2D eigenvalue weighted by Crippen LogP contribution is 2.29. The van der Waals surface area contributed by atoms with Crippen molar-refractivity contribution in [2.75, 3.05) is 13.7 Å². The first-order chi connectivity index (χ1) is 16.1. The number of H-pyrrole nitrogens is 1. The van der Waals surface area contributed by atoms with Crippen molar-refractivity contribution in [2.24, 2.45) is 0 Å². The van der Waals surface area contributed by atoms with Gasteiger partial charge in [0, 0.05) is 17.1 Å². The quantitative estimate of drug-likeness (QED) is 0.283. The second-order valence-electron chi connectivity index (χ2n) is 7.58. The number of nitrogens with one attached hydrogen (secondary N) is 1. The Morgan fingerprint density at radius 1 is 0.909 bits per heavy atom. The van der Waals surface area contributed by atoms with Gasteiger partial charge in [0.25, 0.3) is 0 Å². The highest BCUT2D eigenvalue weighted by Gasteiger charge is 2.17. The monoisotopic (exact) mass is 436 g/mol. The van der Waals surface area contributed by atoms with Crippen LogP contribution in [0, 0.1) is 0 Å². The average molecular weight is 436 g/mol. The zero-order chi connectivity index (χ0) is 22.8. The molecule has 2 aromatic heterocycles. The molecule has 0 bridgehead atoms. The lowest BCUT2D eigenvalue weighted by atomic mass is 10.0. The largest absolute Gasteiger partial charge is 0.497 e. The third-order valence-electron chi connectivity index (χ3n) is 5.51. The summed E-state index contributed by atoms with van der Waals surface area (Å²) in [7, 11) is 1.64. The van der Waals surface area contributed by atoms with E-state index in [9.17, 15) is 9.59 Å². The zero-order valence-corrected chi connectivity index (χ0v) is 17.9. The summed E-state index contributed by atoms with van der Waals surface area (Å²) in [4.78, 5) is 32.8. The number of carbonyl (C=O) groups is 2. The fourth-order valence-corrected chi connectivity index (χ4v) is 3.79. The summed E-state index contributed by atoms with van der Waals surface area (Å²) in [5, 5.41) is 2.74. The summed E-state index contributed by atoms with van der Waals surface area (Å²) in [5.41, 5.74) is 2.96. The van der Waals surface area contributed by atoms with E-state index >= 15 is 0 Å². The molecule has 5 aromatic rings. The minimum absolute atomic E-state index is 0.295. The number of methoxy groups -OCH3 is 1. The summed E-state index contributed by atoms with van der Waals surface area (Å²) in [5.74, 6) is -0.0739. The maximum Gasteiger partial charge on any atom is 0.339 e. The van der Waals surface area contributed by atoms with Gasteiger partial charge >= 0.3 is 5.97 Å². The maximum atomic E-state index is 13.0. The van der Waals surface area contributed by atoms with Crippen LogP contribution in [0.25, 0.3) is 32.9 Å². The normalized spacial score (nSPS) is 10.9. The molecule has 0 radical (unpaired) electrons. The van der Waals surface area contributed by atoms with Crippen molar-refractivity contribution in [3.8, 4) is 17.0 Å². The van der Waals surface area contributed by atoms with Crippen molar-refractivity contribution in [2.45, 2.75) is 0 Å². The summed E-state index contributed by atoms with van der Waals surface area (Å²) >= 11 is 0. The smallest absolute Gasteiger partial charge is 0.339 e. The third-order valence-corrected chi connectivity index (χ3v) is 5.51. The lowest BCUT2D eigenvalue weighted by Crippen LogP contribution is -2.15. The molecule has 0 spiro atoms. The predicted octanol–water partition coefficient (Wildman–Crippen LogP) is 5.43. The number of ketones is 1. The van der Waals surface area contributed by atoms with E-state index in [1.807, 2.05) is 60.7 Å². The number of aromatic nitrogens is 2. The molecule has 0 amide bonds. The van der Waals surface area contributed by atoms with Crippen molar-refractivity contribution < 1.29 is 19.1 Å². The van der Waals surface area contributed by atoms with Crippen molar-refractivity contribution in [3.05, 3.63) is 96.3 Å². The van der Waals surface area contributed by atoms with Crippen molar-refractivity contribution in [1.29, 1.82) is 0 Å². The van der Waals surface area contributed by atoms with Gasteiger partial charge in [0.15, 0.2) is 6.61 Å². The third kappa shape index (κ3) is 4.06. The van der Waals surface area contributed by atoms with Gasteiger partial charge in [-0.3, -0.25) is 4.79 Å². The molecule has 0 atom stereocenters. The second-order valence-corrected chi connectivity index (χ2v) is 7.58. The van der Waals surface area contributed by atoms with Crippen LogP contribution in [-0.2, 0) is 4.74 Å². The molecular formula is C27H20N2O4. The van der Waals surface area contributed by atoms with E-state index < -0.39 is 5.97 Å². The van der Waals surface area contributed by atoms with Crippen LogP contribution in [0.3, 0.4) is 0 Å². The number of pyridine rings is 1. The molecule has 3 aromatic carbocycles. The van der Waals surface area contributed by atoms with Gasteiger partial charge in [0.05, 0.1) is 29.6 Å². The van der Waals surface area contributed by atoms with E-state index in [0.717, 1.165) is 22.1 Å². The van der Waals surface area contributed by atoms with Crippen LogP contribution in [0.2, 0.25) is 0 Å². The summed E-state index contributed by atoms with van der Waals surface area (Å²) in [6, 6.07) is 24.3. The molecule has 0 aliphatic rings. The van der Waals surface area contributed by atoms with Gasteiger partial charge in [-0.1, -0.05) is 36.4 Å². The van der Waals surface area contributed by atoms with Gasteiger partial charge in [-0.05, 0) is 53.2 Å². The van der Waals surface area contributed by atoms with Crippen molar-refractivity contribution >= 4 is 33.4 Å². The number of nitrogens with zero attached hydrogens (tertiary/aromatic N) is 1. The Labute approximate surface area is 189 Å². The Hall–Kier alpha value is -4.45. The first-order valence-electron chi connectivity index (χ1n) is 10.4. The maximum absolute atomic E-state index is 13.0. The van der Waals surface area contributed by atoms with Gasteiger partial charge < -0.3 is 14.5 Å². The highest BCUT2D eigenvalue weighted by molar-refractivity contribution is 6.06. The molecule has 5 rings (SSSR count). The molecule has 2 heterocycles. The molecule has 162 valence electrons. The highest BCUT2D eigenvalue weighted by atomic mass is 16.5. The van der Waals surface area contributed by atoms with Crippen molar-refractivity contribution in [3.63, 3.8) is 0 Å². The minimum Gasteiger partial charge on any atom is -0.497 e. The molecular weight excluding hydrogens is 416 g/mol. The number of hydrogen-bond donors (Lipinski definition) is 1. The summed E-state index contributed by atoms with van der Waals surface area (Å²) in [6.45, 7) is -0.344. The number of ether oxygens (including phenoxy) is 2. The molecule has 0 saturated carbocycles. The lowest BCUT2D eigenvalue weighted by molar-refractivity contribution is 0.0475. The predicted molar refractivity (Wildman–Crippen MR) is 127 cm³/mol. The number of esters is 1. The van der Waals surface area contributed by atoms with Gasteiger partial charge in [0.2, 0.25) is 5.78 Å². The van der Waals surface area contributed by atoms with Gasteiger partial charge in [-0.2, -0.15) is 0 Å². The minimum atomic E-state index is -0.569. The molecule has 0 unspecified atom stereocenters. The van der Waals surface area contributed by atoms with E-state index in [1.165, 1.54) is 0 Å². The molecule has 0 fully saturated rings. The van der Waals surface area contributed by atoms with Crippen LogP contribution in [0.5, 0.6) is 5.75 Å². The Balaban J connectivity index is 1.51. The van der Waals surface area contributed by atoms with Crippen LogP contribution in [-0.4, -0.2) is 35.4 Å². The first-order valence-corrected chi connectivity index (χ1v) is 10.4. The van der Waals surface area contributed by atoms with E-state index in [2.05, 4.69) is 4.98 Å². The summed E-state index contributed by atoms with van der Waals surface area (Å²) in [6.07, 6.45) is 1.65. The number of para-hydroxylation sites is 1. The number of aromatic amines is 1. The number of Topliss-reactive ketones (excluding diaryl/α,β-unsaturated/α-hetero) is 1. The van der Waals surface area contributed by atoms with E-state index in [4.69, 9.17) is 14.5 Å². The fraction of sp³-hybridized carbons (Fsp3) is 0.0741. The van der Waals surface area contributed by atoms with Gasteiger partial charge in [-0.15, -0.1) is 0 Å². The van der Waals surface area contributed by atoms with Crippen LogP contribution >= 0.6 is 0 Å². The number of hydrogen-bond acceptors (Lipinski definition) is 5. The van der Waals surface area contributed by atoms with Crippen LogP contribution < -0.4 is 4.74 Å². The van der Waals surface area contributed by atoms with Crippen LogP contribution in [0.15, 0.2) is 85.1 Å². The molecule has 6 heteroatoms. The molecule has 6 nitrogen and oxygen atoms in total. The first kappa shape index (κ1) is 20.5. The molecule has 0 aliphatic carbocycles. The lowest BCUT2D eigenvalue weighted by Gasteiger charge is -2.11. The number of fused-ring (bicyclic) bond motifs is 2. The molecule has 1 N–H and O–H groups in total. The second kappa shape index (κ2) is 8.59. The Bertz CT molecular complexity index is 1490. The van der Waals surface area contributed by atoms with Crippen LogP contribution in [0.1, 0.15) is 20.8 Å². The Morgan fingerprint density at radius 2 is 1.73 bits per heavy atom. The number of benzene rings is 3. The summed E-state index contributed by atoms with van der Waals surface area (Å²) < 4.78 is 10.7. The number of carbonyl (C=O) groups excluding carboxylic acids is 2. The standard InChI is InChI=1S/C27H20N2O4/c1-32-20-11-10-17-13-19(9-8-18(17)14-20)25-15-22(21-5-2-3-6-23(21)29-25)27(31)33-16-26(30)24-7-4-12-28-24/h2-15,28H,16H2,1H3. The Morgan fingerprint density at radius 3 is 2.55 bits per heavy atom. The Kier molecular flexibility index (Phi) is 5.32. The molecule has 33 heavy (non-hydrogen) atoms. The topological polar surface area (TPSA) is 81.3 Å². The zero-order valence-electron chi connectivity index (χ0n) is 17.9. The van der Waals surface area contributed by atoms with Gasteiger partial charge in [-0.25, -0.2) is 9.78 Å². The molecule has 0 saturated heterocycles. The van der Waals surface area contributed by atoms with E-state index in [-0.39, 0.29) is 12.4 Å². The molecule has 0 aliphatic heterocycles. The SMILES string of the molecule is COc1ccc2cc(-c3cc(C(=O)OCC(=O)c4ccc[nH]4)c4ccccc4n3)ccc2c1. The van der Waals surface area contributed by atoms with Gasteiger partial charge in [0.1, 0.15) is 5.75 Å². The average Bonchev–Trinajstić information content (AvgIpc) is 3.41. The number of rotatable bonds is 6. The van der Waals surface area contributed by atoms with E-state index in [1.54, 1.807) is 31.5 Å². The van der Waals surface area contributed by atoms with Crippen LogP contribution in [0.4, 0.5) is 0 Å². The van der Waals surface area contributed by atoms with E-state index in [0.29, 0.717) is 27.9 Å². The fourth-order valence-electron chi connectivity index (χ4n) is 3.79.